The average Bonchev–Trinajstić information content (AvgIpc) is 3.62. The molecule has 1 aromatic carbocycles. The predicted molar refractivity (Wildman–Crippen MR) is 164 cm³/mol. The number of aryl methyl sites for hydroxylation is 1. The highest BCUT2D eigenvalue weighted by atomic mass is 16.6. The molecule has 0 bridgehead atoms. The molecule has 0 atom stereocenters. The van der Waals surface area contributed by atoms with Crippen molar-refractivity contribution >= 4 is 40.5 Å². The highest BCUT2D eigenvalue weighted by molar-refractivity contribution is 5.99. The van der Waals surface area contributed by atoms with Gasteiger partial charge < -0.3 is 29.1 Å². The van der Waals surface area contributed by atoms with Crippen molar-refractivity contribution in [1.82, 2.24) is 29.8 Å². The van der Waals surface area contributed by atoms with Crippen molar-refractivity contribution < 1.29 is 23.6 Å². The summed E-state index contributed by atoms with van der Waals surface area (Å²) in [7, 11) is 0. The van der Waals surface area contributed by atoms with Crippen molar-refractivity contribution in [3.05, 3.63) is 42.2 Å². The normalized spacial score (nSPS) is 16.3. The summed E-state index contributed by atoms with van der Waals surface area (Å²) >= 11 is 0. The summed E-state index contributed by atoms with van der Waals surface area (Å²) in [5.74, 6) is 1.64. The Labute approximate surface area is 254 Å². The van der Waals surface area contributed by atoms with Gasteiger partial charge in [-0.15, -0.1) is 0 Å². The molecule has 2 aliphatic rings. The van der Waals surface area contributed by atoms with Gasteiger partial charge >= 0.3 is 12.1 Å². The molecule has 0 aliphatic carbocycles. The summed E-state index contributed by atoms with van der Waals surface area (Å²) in [6.45, 7) is 11.2. The molecule has 0 spiro atoms. The lowest BCUT2D eigenvalue weighted by atomic mass is 10.1. The number of fused-ring (bicyclic) bond motifs is 1. The van der Waals surface area contributed by atoms with Crippen LogP contribution in [-0.2, 0) is 9.47 Å². The number of anilines is 3. The van der Waals surface area contributed by atoms with E-state index in [2.05, 4.69) is 20.7 Å². The fraction of sp³-hybridized carbons (Fsp3) is 0.467. The zero-order valence-corrected chi connectivity index (χ0v) is 25.4. The largest absolute Gasteiger partial charge is 0.444 e. The SMILES string of the molecule is Cc1cc(NC(=O)Nc2ccc(-c3nc(N4CCOCC4)c4cnn(C5CCN(C(=O)OC(C)(C)C)CC5)c4n3)cc2)on1. The van der Waals surface area contributed by atoms with E-state index in [0.29, 0.717) is 56.6 Å². The van der Waals surface area contributed by atoms with Crippen LogP contribution < -0.4 is 15.5 Å². The van der Waals surface area contributed by atoms with E-state index in [9.17, 15) is 9.59 Å². The number of ether oxygens (including phenoxy) is 2. The monoisotopic (exact) mass is 603 g/mol. The molecular weight excluding hydrogens is 566 g/mol. The Kier molecular flexibility index (Phi) is 8.08. The summed E-state index contributed by atoms with van der Waals surface area (Å²) < 4.78 is 18.2. The summed E-state index contributed by atoms with van der Waals surface area (Å²) in [5.41, 5.74) is 2.28. The number of nitrogens with one attached hydrogen (secondary N) is 2. The molecule has 3 aromatic heterocycles. The van der Waals surface area contributed by atoms with Gasteiger partial charge in [0.2, 0.25) is 5.88 Å². The smallest absolute Gasteiger partial charge is 0.410 e. The van der Waals surface area contributed by atoms with Gasteiger partial charge in [-0.25, -0.2) is 24.2 Å². The molecule has 4 aromatic rings. The number of hydrogen-bond acceptors (Lipinski definition) is 10. The first-order valence-corrected chi connectivity index (χ1v) is 14.8. The van der Waals surface area contributed by atoms with Crippen LogP contribution in [0.25, 0.3) is 22.4 Å². The quantitative estimate of drug-likeness (QED) is 0.324. The summed E-state index contributed by atoms with van der Waals surface area (Å²) in [6, 6.07) is 8.61. The number of hydrogen-bond donors (Lipinski definition) is 2. The molecule has 2 saturated heterocycles. The van der Waals surface area contributed by atoms with Gasteiger partial charge in [0.25, 0.3) is 0 Å². The van der Waals surface area contributed by atoms with Gasteiger partial charge in [-0.3, -0.25) is 5.32 Å². The maximum absolute atomic E-state index is 12.6. The Balaban J connectivity index is 1.24. The lowest BCUT2D eigenvalue weighted by molar-refractivity contribution is 0.0186. The number of morpholine rings is 1. The first-order valence-electron chi connectivity index (χ1n) is 14.8. The van der Waals surface area contributed by atoms with Gasteiger partial charge in [-0.1, -0.05) is 5.16 Å². The molecule has 232 valence electrons. The maximum Gasteiger partial charge on any atom is 0.410 e. The van der Waals surface area contributed by atoms with Crippen LogP contribution in [0.4, 0.5) is 27.0 Å². The second-order valence-electron chi connectivity index (χ2n) is 12.0. The second-order valence-corrected chi connectivity index (χ2v) is 12.0. The molecule has 2 fully saturated rings. The number of nitrogens with zero attached hydrogens (tertiary/aromatic N) is 7. The molecule has 14 heteroatoms. The van der Waals surface area contributed by atoms with E-state index in [-0.39, 0.29) is 18.0 Å². The first-order chi connectivity index (χ1) is 21.1. The van der Waals surface area contributed by atoms with Gasteiger partial charge in [0, 0.05) is 43.5 Å². The third-order valence-corrected chi connectivity index (χ3v) is 7.47. The highest BCUT2D eigenvalue weighted by Gasteiger charge is 2.30. The van der Waals surface area contributed by atoms with Gasteiger partial charge in [0.1, 0.15) is 11.4 Å². The second kappa shape index (κ2) is 12.1. The van der Waals surface area contributed by atoms with E-state index in [1.807, 2.05) is 43.8 Å². The average molecular weight is 604 g/mol. The van der Waals surface area contributed by atoms with E-state index in [4.69, 9.17) is 29.1 Å². The van der Waals surface area contributed by atoms with E-state index in [1.54, 1.807) is 30.0 Å². The van der Waals surface area contributed by atoms with Crippen molar-refractivity contribution in [3.63, 3.8) is 0 Å². The van der Waals surface area contributed by atoms with Crippen molar-refractivity contribution in [1.29, 1.82) is 0 Å². The van der Waals surface area contributed by atoms with Crippen LogP contribution in [0.1, 0.15) is 45.3 Å². The van der Waals surface area contributed by atoms with Crippen LogP contribution in [0.5, 0.6) is 0 Å². The molecule has 6 rings (SSSR count). The van der Waals surface area contributed by atoms with Crippen LogP contribution in [0.3, 0.4) is 0 Å². The summed E-state index contributed by atoms with van der Waals surface area (Å²) in [5, 5.41) is 14.8. The van der Waals surface area contributed by atoms with Gasteiger partial charge in [0.15, 0.2) is 11.5 Å². The maximum atomic E-state index is 12.6. The number of rotatable bonds is 5. The summed E-state index contributed by atoms with van der Waals surface area (Å²) in [6.07, 6.45) is 3.02. The zero-order valence-electron chi connectivity index (χ0n) is 25.4. The van der Waals surface area contributed by atoms with E-state index in [0.717, 1.165) is 35.3 Å². The van der Waals surface area contributed by atoms with Crippen LogP contribution in [0.2, 0.25) is 0 Å². The molecule has 5 heterocycles. The predicted octanol–water partition coefficient (Wildman–Crippen LogP) is 4.84. The van der Waals surface area contributed by atoms with Crippen LogP contribution in [0, 0.1) is 6.92 Å². The minimum Gasteiger partial charge on any atom is -0.444 e. The lowest BCUT2D eigenvalue weighted by Gasteiger charge is -2.33. The standard InChI is InChI=1S/C30H37N9O5/c1-19-17-24(44-36-19)33-28(40)32-21-7-5-20(6-8-21)25-34-26(37-13-15-42-16-14-37)23-18-31-39(27(23)35-25)22-9-11-38(12-10-22)29(41)43-30(2,3)4/h5-8,17-18,22H,9-16H2,1-4H3,(H2,32,33,40). The number of carbonyl (C=O) groups excluding carboxylic acids is 2. The minimum absolute atomic E-state index is 0.0738. The van der Waals surface area contributed by atoms with Crippen LogP contribution in [0.15, 0.2) is 41.1 Å². The van der Waals surface area contributed by atoms with Crippen LogP contribution >= 0.6 is 0 Å². The Bertz CT molecular complexity index is 1630. The number of carbonyl (C=O) groups is 2. The molecule has 14 nitrogen and oxygen atoms in total. The van der Waals surface area contributed by atoms with Gasteiger partial charge in [0.05, 0.1) is 36.5 Å². The number of benzene rings is 1. The lowest BCUT2D eigenvalue weighted by Crippen LogP contribution is -2.42. The fourth-order valence-electron chi connectivity index (χ4n) is 5.34. The fourth-order valence-corrected chi connectivity index (χ4v) is 5.34. The summed E-state index contributed by atoms with van der Waals surface area (Å²) in [4.78, 5) is 39.0. The van der Waals surface area contributed by atoms with Crippen molar-refractivity contribution in [2.75, 3.05) is 54.9 Å². The topological polar surface area (TPSA) is 153 Å². The molecule has 0 saturated carbocycles. The number of likely N-dealkylation sites (tertiary alicyclic amines) is 1. The Morgan fingerprint density at radius 3 is 2.39 bits per heavy atom. The molecule has 2 N–H and O–H groups in total. The Hall–Kier alpha value is -4.72. The van der Waals surface area contributed by atoms with Gasteiger partial charge in [-0.2, -0.15) is 5.10 Å². The number of aromatic nitrogens is 5. The van der Waals surface area contributed by atoms with Crippen LogP contribution in [-0.4, -0.2) is 86.9 Å². The molecule has 0 unspecified atom stereocenters. The van der Waals surface area contributed by atoms with Crippen molar-refractivity contribution in [3.8, 4) is 11.4 Å². The van der Waals surface area contributed by atoms with Crippen molar-refractivity contribution in [2.24, 2.45) is 0 Å². The van der Waals surface area contributed by atoms with Crippen molar-refractivity contribution in [2.45, 2.75) is 52.2 Å². The third-order valence-electron chi connectivity index (χ3n) is 7.47. The molecule has 0 radical (unpaired) electrons. The molecule has 3 amide bonds. The molecule has 2 aliphatic heterocycles. The minimum atomic E-state index is -0.535. The number of piperidine rings is 1. The molecule has 44 heavy (non-hydrogen) atoms. The Morgan fingerprint density at radius 1 is 1.00 bits per heavy atom. The van der Waals surface area contributed by atoms with Gasteiger partial charge in [-0.05, 0) is 64.8 Å². The van der Waals surface area contributed by atoms with E-state index in [1.165, 1.54) is 0 Å². The highest BCUT2D eigenvalue weighted by Crippen LogP contribution is 2.32. The van der Waals surface area contributed by atoms with E-state index < -0.39 is 11.6 Å². The first kappa shape index (κ1) is 29.4. The molecular formula is C30H37N9O5. The zero-order chi connectivity index (χ0) is 30.8. The van der Waals surface area contributed by atoms with E-state index >= 15 is 0 Å². The number of urea groups is 1. The third kappa shape index (κ3) is 6.59. The number of amides is 3. The Morgan fingerprint density at radius 2 is 1.73 bits per heavy atom.